The molecular formula is C13H21N5O2. The van der Waals surface area contributed by atoms with Crippen molar-refractivity contribution in [3.8, 4) is 0 Å². The van der Waals surface area contributed by atoms with E-state index in [0.717, 1.165) is 38.8 Å². The van der Waals surface area contributed by atoms with Gasteiger partial charge >= 0.3 is 0 Å². The van der Waals surface area contributed by atoms with Crippen LogP contribution in [-0.2, 0) is 4.74 Å². The second-order valence-corrected chi connectivity index (χ2v) is 5.45. The highest BCUT2D eigenvalue weighted by Gasteiger charge is 2.26. The molecule has 0 bridgehead atoms. The number of morpholine rings is 1. The molecule has 3 rings (SSSR count). The van der Waals surface area contributed by atoms with Gasteiger partial charge in [-0.15, -0.1) is 5.10 Å². The molecule has 7 nitrogen and oxygen atoms in total. The molecule has 0 amide bonds. The number of carbonyl (C=O) groups excluding carboxylic acids is 1. The Morgan fingerprint density at radius 3 is 2.60 bits per heavy atom. The molecule has 1 aliphatic carbocycles. The van der Waals surface area contributed by atoms with E-state index in [0.29, 0.717) is 19.2 Å². The van der Waals surface area contributed by atoms with Crippen molar-refractivity contribution >= 4 is 17.8 Å². The van der Waals surface area contributed by atoms with Gasteiger partial charge in [-0.25, -0.2) is 0 Å². The Morgan fingerprint density at radius 2 is 1.90 bits per heavy atom. The molecule has 2 fully saturated rings. The van der Waals surface area contributed by atoms with Crippen LogP contribution in [0.15, 0.2) is 0 Å². The van der Waals surface area contributed by atoms with Crippen LogP contribution in [0, 0.1) is 5.92 Å². The number of anilines is 2. The number of nitrogen functional groups attached to an aromatic ring is 1. The number of carbonyl (C=O) groups is 1. The van der Waals surface area contributed by atoms with Crippen molar-refractivity contribution < 1.29 is 9.53 Å². The van der Waals surface area contributed by atoms with E-state index < -0.39 is 0 Å². The Kier molecular flexibility index (Phi) is 3.86. The smallest absolute Gasteiger partial charge is 0.253 e. The van der Waals surface area contributed by atoms with Crippen LogP contribution in [0.3, 0.4) is 0 Å². The standard InChI is InChI=1S/C13H21N5O2/c14-12-15-13(17-6-8-20-9-7-17)16-18(12)11(19)10-4-2-1-3-5-10/h10H,1-9H2,(H2,14,15,16). The number of nitrogens with two attached hydrogens (primary N) is 1. The third-order valence-electron chi connectivity index (χ3n) is 4.08. The molecule has 0 unspecified atom stereocenters. The molecule has 2 heterocycles. The molecular weight excluding hydrogens is 258 g/mol. The summed E-state index contributed by atoms with van der Waals surface area (Å²) in [6, 6.07) is 0. The summed E-state index contributed by atoms with van der Waals surface area (Å²) in [4.78, 5) is 18.7. The maximum absolute atomic E-state index is 12.5. The van der Waals surface area contributed by atoms with Gasteiger partial charge in [0.05, 0.1) is 13.2 Å². The van der Waals surface area contributed by atoms with Crippen LogP contribution in [0.4, 0.5) is 11.9 Å². The lowest BCUT2D eigenvalue weighted by molar-refractivity contribution is 0.0787. The number of hydrogen-bond acceptors (Lipinski definition) is 6. The predicted molar refractivity (Wildman–Crippen MR) is 74.7 cm³/mol. The number of aromatic nitrogens is 3. The van der Waals surface area contributed by atoms with Crippen molar-refractivity contribution in [2.75, 3.05) is 36.9 Å². The average molecular weight is 279 g/mol. The lowest BCUT2D eigenvalue weighted by atomic mass is 9.89. The second-order valence-electron chi connectivity index (χ2n) is 5.45. The Hall–Kier alpha value is -1.63. The van der Waals surface area contributed by atoms with E-state index in [9.17, 15) is 4.79 Å². The average Bonchev–Trinajstić information content (AvgIpc) is 2.90. The SMILES string of the molecule is Nc1nc(N2CCOCC2)nn1C(=O)C1CCCCC1. The van der Waals surface area contributed by atoms with Gasteiger partial charge in [0, 0.05) is 19.0 Å². The van der Waals surface area contributed by atoms with Gasteiger partial charge in [0.15, 0.2) is 0 Å². The van der Waals surface area contributed by atoms with Gasteiger partial charge in [-0.3, -0.25) is 4.79 Å². The molecule has 0 spiro atoms. The fourth-order valence-corrected chi connectivity index (χ4v) is 2.89. The minimum absolute atomic E-state index is 0.00536. The van der Waals surface area contributed by atoms with Crippen LogP contribution in [0.1, 0.15) is 36.9 Å². The molecule has 1 aliphatic heterocycles. The first-order valence-corrected chi connectivity index (χ1v) is 7.35. The van der Waals surface area contributed by atoms with Crippen LogP contribution in [0.25, 0.3) is 0 Å². The molecule has 0 aromatic carbocycles. The first-order chi connectivity index (χ1) is 9.75. The molecule has 0 radical (unpaired) electrons. The number of rotatable bonds is 2. The summed E-state index contributed by atoms with van der Waals surface area (Å²) in [7, 11) is 0. The third kappa shape index (κ3) is 2.63. The van der Waals surface area contributed by atoms with E-state index in [1.165, 1.54) is 11.1 Å². The highest BCUT2D eigenvalue weighted by molar-refractivity contribution is 5.83. The number of ether oxygens (including phenoxy) is 1. The summed E-state index contributed by atoms with van der Waals surface area (Å²) in [5, 5.41) is 4.31. The van der Waals surface area contributed by atoms with Gasteiger partial charge in [0.2, 0.25) is 11.9 Å². The fraction of sp³-hybridized carbons (Fsp3) is 0.769. The van der Waals surface area contributed by atoms with Crippen molar-refractivity contribution in [1.29, 1.82) is 0 Å². The Balaban J connectivity index is 1.75. The molecule has 2 N–H and O–H groups in total. The molecule has 7 heteroatoms. The normalized spacial score (nSPS) is 21.1. The second kappa shape index (κ2) is 5.78. The highest BCUT2D eigenvalue weighted by Crippen LogP contribution is 2.26. The summed E-state index contributed by atoms with van der Waals surface area (Å²) in [5.41, 5.74) is 5.87. The van der Waals surface area contributed by atoms with Crippen molar-refractivity contribution in [2.24, 2.45) is 5.92 Å². The highest BCUT2D eigenvalue weighted by atomic mass is 16.5. The maximum Gasteiger partial charge on any atom is 0.253 e. The predicted octanol–water partition coefficient (Wildman–Crippen LogP) is 0.917. The van der Waals surface area contributed by atoms with E-state index in [2.05, 4.69) is 10.1 Å². The van der Waals surface area contributed by atoms with E-state index in [1.807, 2.05) is 4.90 Å². The van der Waals surface area contributed by atoms with E-state index in [1.54, 1.807) is 0 Å². The van der Waals surface area contributed by atoms with Crippen molar-refractivity contribution in [2.45, 2.75) is 32.1 Å². The molecule has 110 valence electrons. The molecule has 20 heavy (non-hydrogen) atoms. The first kappa shape index (κ1) is 13.4. The van der Waals surface area contributed by atoms with Crippen LogP contribution in [0.5, 0.6) is 0 Å². The minimum atomic E-state index is -0.00536. The molecule has 2 aliphatic rings. The Morgan fingerprint density at radius 1 is 1.20 bits per heavy atom. The van der Waals surface area contributed by atoms with E-state index in [4.69, 9.17) is 10.5 Å². The molecule has 1 saturated carbocycles. The van der Waals surface area contributed by atoms with Crippen LogP contribution in [0.2, 0.25) is 0 Å². The van der Waals surface area contributed by atoms with Crippen LogP contribution < -0.4 is 10.6 Å². The van der Waals surface area contributed by atoms with Gasteiger partial charge in [-0.1, -0.05) is 19.3 Å². The summed E-state index contributed by atoms with van der Waals surface area (Å²) in [6.45, 7) is 2.79. The monoisotopic (exact) mass is 279 g/mol. The van der Waals surface area contributed by atoms with Crippen LogP contribution >= 0.6 is 0 Å². The summed E-state index contributed by atoms with van der Waals surface area (Å²) in [5.74, 6) is 0.775. The fourth-order valence-electron chi connectivity index (χ4n) is 2.89. The van der Waals surface area contributed by atoms with Gasteiger partial charge in [-0.2, -0.15) is 9.67 Å². The van der Waals surface area contributed by atoms with E-state index >= 15 is 0 Å². The zero-order valence-corrected chi connectivity index (χ0v) is 11.6. The lowest BCUT2D eigenvalue weighted by Gasteiger charge is -2.25. The molecule has 0 atom stereocenters. The minimum Gasteiger partial charge on any atom is -0.378 e. The molecule has 1 aromatic rings. The quantitative estimate of drug-likeness (QED) is 0.866. The number of nitrogens with zero attached hydrogens (tertiary/aromatic N) is 4. The van der Waals surface area contributed by atoms with Crippen LogP contribution in [-0.4, -0.2) is 47.0 Å². The molecule has 1 saturated heterocycles. The van der Waals surface area contributed by atoms with E-state index in [-0.39, 0.29) is 17.8 Å². The topological polar surface area (TPSA) is 86.3 Å². The van der Waals surface area contributed by atoms with Gasteiger partial charge in [0.1, 0.15) is 0 Å². The zero-order valence-electron chi connectivity index (χ0n) is 11.6. The number of hydrogen-bond donors (Lipinski definition) is 1. The van der Waals surface area contributed by atoms with Crippen molar-refractivity contribution in [3.63, 3.8) is 0 Å². The lowest BCUT2D eigenvalue weighted by Crippen LogP contribution is -2.37. The zero-order chi connectivity index (χ0) is 13.9. The van der Waals surface area contributed by atoms with Gasteiger partial charge in [-0.05, 0) is 12.8 Å². The maximum atomic E-state index is 12.5. The summed E-state index contributed by atoms with van der Waals surface area (Å²) in [6.07, 6.45) is 5.31. The largest absolute Gasteiger partial charge is 0.378 e. The molecule has 1 aromatic heterocycles. The summed E-state index contributed by atoms with van der Waals surface area (Å²) < 4.78 is 6.59. The third-order valence-corrected chi connectivity index (χ3v) is 4.08. The Bertz CT molecular complexity index is 475. The van der Waals surface area contributed by atoms with Gasteiger partial charge in [0.25, 0.3) is 5.91 Å². The summed E-state index contributed by atoms with van der Waals surface area (Å²) >= 11 is 0. The van der Waals surface area contributed by atoms with Crippen molar-refractivity contribution in [1.82, 2.24) is 14.8 Å². The Labute approximate surface area is 118 Å². The van der Waals surface area contributed by atoms with Gasteiger partial charge < -0.3 is 15.4 Å². The van der Waals surface area contributed by atoms with Crippen molar-refractivity contribution in [3.05, 3.63) is 0 Å². The first-order valence-electron chi connectivity index (χ1n) is 7.35.